The molecule has 3 atom stereocenters. The van der Waals surface area contributed by atoms with Crippen molar-refractivity contribution in [3.8, 4) is 0 Å². The molecule has 0 unspecified atom stereocenters. The van der Waals surface area contributed by atoms with Crippen LogP contribution in [0, 0.1) is 5.92 Å². The average molecular weight is 288 g/mol. The first-order valence-electron chi connectivity index (χ1n) is 7.84. The first kappa shape index (κ1) is 14.5. The van der Waals surface area contributed by atoms with Gasteiger partial charge in [0, 0.05) is 24.9 Å². The predicted molar refractivity (Wildman–Crippen MR) is 83.3 cm³/mol. The van der Waals surface area contributed by atoms with Gasteiger partial charge in [-0.05, 0) is 44.2 Å². The lowest BCUT2D eigenvalue weighted by Gasteiger charge is -2.23. The van der Waals surface area contributed by atoms with Gasteiger partial charge in [0.1, 0.15) is 0 Å². The Morgan fingerprint density at radius 2 is 2.05 bits per heavy atom. The van der Waals surface area contributed by atoms with Crippen LogP contribution in [0.2, 0.25) is 0 Å². The van der Waals surface area contributed by atoms with Crippen LogP contribution >= 0.6 is 0 Å². The van der Waals surface area contributed by atoms with Crippen molar-refractivity contribution in [1.82, 2.24) is 5.32 Å². The summed E-state index contributed by atoms with van der Waals surface area (Å²) < 4.78 is 5.30. The van der Waals surface area contributed by atoms with Crippen molar-refractivity contribution in [1.29, 1.82) is 0 Å². The summed E-state index contributed by atoms with van der Waals surface area (Å²) in [4.78, 5) is 14.6. The number of ether oxygens (including phenoxy) is 1. The SMILES string of the molecule is COC[C@H](N[C@H]1C[C@H](C)N(c2ccccc2)C1=O)C1CC1. The van der Waals surface area contributed by atoms with Gasteiger partial charge >= 0.3 is 0 Å². The monoisotopic (exact) mass is 288 g/mol. The lowest BCUT2D eigenvalue weighted by Crippen LogP contribution is -2.46. The minimum atomic E-state index is -0.0824. The highest BCUT2D eigenvalue weighted by molar-refractivity contribution is 6.00. The van der Waals surface area contributed by atoms with Crippen molar-refractivity contribution in [3.05, 3.63) is 30.3 Å². The number of carbonyl (C=O) groups is 1. The van der Waals surface area contributed by atoms with Gasteiger partial charge < -0.3 is 15.0 Å². The molecule has 21 heavy (non-hydrogen) atoms. The van der Waals surface area contributed by atoms with Crippen LogP contribution in [-0.4, -0.2) is 37.7 Å². The summed E-state index contributed by atoms with van der Waals surface area (Å²) in [6.45, 7) is 2.81. The second kappa shape index (κ2) is 6.16. The maximum Gasteiger partial charge on any atom is 0.244 e. The van der Waals surface area contributed by atoms with E-state index in [2.05, 4.69) is 12.2 Å². The predicted octanol–water partition coefficient (Wildman–Crippen LogP) is 2.20. The van der Waals surface area contributed by atoms with E-state index in [0.29, 0.717) is 18.6 Å². The molecule has 3 rings (SSSR count). The minimum absolute atomic E-state index is 0.0824. The van der Waals surface area contributed by atoms with Crippen molar-refractivity contribution >= 4 is 11.6 Å². The molecular weight excluding hydrogens is 264 g/mol. The summed E-state index contributed by atoms with van der Waals surface area (Å²) in [5.74, 6) is 0.870. The van der Waals surface area contributed by atoms with E-state index < -0.39 is 0 Å². The van der Waals surface area contributed by atoms with Crippen LogP contribution in [0.1, 0.15) is 26.2 Å². The molecule has 0 spiro atoms. The van der Waals surface area contributed by atoms with Crippen molar-refractivity contribution in [2.75, 3.05) is 18.6 Å². The Morgan fingerprint density at radius 3 is 2.67 bits per heavy atom. The quantitative estimate of drug-likeness (QED) is 0.872. The van der Waals surface area contributed by atoms with Crippen molar-refractivity contribution < 1.29 is 9.53 Å². The summed E-state index contributed by atoms with van der Waals surface area (Å²) in [6, 6.07) is 10.4. The van der Waals surface area contributed by atoms with Crippen LogP contribution in [0.25, 0.3) is 0 Å². The summed E-state index contributed by atoms with van der Waals surface area (Å²) in [7, 11) is 1.73. The number of hydrogen-bond acceptors (Lipinski definition) is 3. The number of methoxy groups -OCH3 is 1. The van der Waals surface area contributed by atoms with Gasteiger partial charge in [0.05, 0.1) is 12.6 Å². The fourth-order valence-electron chi connectivity index (χ4n) is 3.30. The second-order valence-corrected chi connectivity index (χ2v) is 6.25. The van der Waals surface area contributed by atoms with Gasteiger partial charge in [-0.1, -0.05) is 18.2 Å². The number of nitrogens with zero attached hydrogens (tertiary/aromatic N) is 1. The molecule has 0 bridgehead atoms. The van der Waals surface area contributed by atoms with E-state index in [1.54, 1.807) is 7.11 Å². The highest BCUT2D eigenvalue weighted by Gasteiger charge is 2.41. The zero-order chi connectivity index (χ0) is 14.8. The first-order valence-corrected chi connectivity index (χ1v) is 7.84. The van der Waals surface area contributed by atoms with Crippen molar-refractivity contribution in [3.63, 3.8) is 0 Å². The van der Waals surface area contributed by atoms with Gasteiger partial charge in [0.25, 0.3) is 0 Å². The Morgan fingerprint density at radius 1 is 1.33 bits per heavy atom. The topological polar surface area (TPSA) is 41.6 Å². The number of carbonyl (C=O) groups excluding carboxylic acids is 1. The van der Waals surface area contributed by atoms with E-state index >= 15 is 0 Å². The molecule has 1 aliphatic heterocycles. The Kier molecular flexibility index (Phi) is 4.27. The van der Waals surface area contributed by atoms with E-state index in [9.17, 15) is 4.79 Å². The van der Waals surface area contributed by atoms with Crippen LogP contribution in [-0.2, 0) is 9.53 Å². The van der Waals surface area contributed by atoms with Gasteiger partial charge in [0.15, 0.2) is 0 Å². The maximum absolute atomic E-state index is 12.7. The molecule has 2 fully saturated rings. The summed E-state index contributed by atoms with van der Waals surface area (Å²) in [6.07, 6.45) is 3.36. The molecule has 0 aromatic heterocycles. The lowest BCUT2D eigenvalue weighted by molar-refractivity contribution is -0.119. The standard InChI is InChI=1S/C17H24N2O2/c1-12-10-15(18-16(11-21-2)13-8-9-13)17(20)19(12)14-6-4-3-5-7-14/h3-7,12-13,15-16,18H,8-11H2,1-2H3/t12-,15-,16-/m0/s1. The van der Waals surface area contributed by atoms with E-state index in [4.69, 9.17) is 4.74 Å². The molecule has 1 aromatic carbocycles. The number of rotatable bonds is 6. The van der Waals surface area contributed by atoms with Crippen LogP contribution in [0.3, 0.4) is 0 Å². The van der Waals surface area contributed by atoms with Crippen molar-refractivity contribution in [2.24, 2.45) is 5.92 Å². The molecule has 4 nitrogen and oxygen atoms in total. The Bertz CT molecular complexity index is 487. The highest BCUT2D eigenvalue weighted by atomic mass is 16.5. The van der Waals surface area contributed by atoms with Crippen LogP contribution in [0.15, 0.2) is 30.3 Å². The van der Waals surface area contributed by atoms with E-state index in [1.807, 2.05) is 35.2 Å². The molecule has 1 aromatic rings. The Balaban J connectivity index is 1.69. The number of anilines is 1. The van der Waals surface area contributed by atoms with E-state index in [1.165, 1.54) is 12.8 Å². The summed E-state index contributed by atoms with van der Waals surface area (Å²) >= 11 is 0. The maximum atomic E-state index is 12.7. The lowest BCUT2D eigenvalue weighted by atomic mass is 10.1. The molecule has 0 radical (unpaired) electrons. The fourth-order valence-corrected chi connectivity index (χ4v) is 3.30. The number of hydrogen-bond donors (Lipinski definition) is 1. The Hall–Kier alpha value is -1.39. The molecule has 1 amide bonds. The van der Waals surface area contributed by atoms with E-state index in [0.717, 1.165) is 12.1 Å². The highest BCUT2D eigenvalue weighted by Crippen LogP contribution is 2.34. The molecule has 1 saturated carbocycles. The van der Waals surface area contributed by atoms with Gasteiger partial charge in [-0.25, -0.2) is 0 Å². The van der Waals surface area contributed by atoms with Crippen LogP contribution in [0.4, 0.5) is 5.69 Å². The molecule has 1 N–H and O–H groups in total. The van der Waals surface area contributed by atoms with Crippen LogP contribution in [0.5, 0.6) is 0 Å². The zero-order valence-electron chi connectivity index (χ0n) is 12.8. The number of nitrogens with one attached hydrogen (secondary N) is 1. The number of para-hydroxylation sites is 1. The molecule has 1 saturated heterocycles. The van der Waals surface area contributed by atoms with Gasteiger partial charge in [-0.2, -0.15) is 0 Å². The molecular formula is C17H24N2O2. The fraction of sp³-hybridized carbons (Fsp3) is 0.588. The summed E-state index contributed by atoms with van der Waals surface area (Å²) in [5.41, 5.74) is 0.994. The third-order valence-corrected chi connectivity index (χ3v) is 4.54. The molecule has 4 heteroatoms. The second-order valence-electron chi connectivity index (χ2n) is 6.25. The normalized spacial score (nSPS) is 27.1. The number of amides is 1. The summed E-state index contributed by atoms with van der Waals surface area (Å²) in [5, 5.41) is 3.54. The van der Waals surface area contributed by atoms with Gasteiger partial charge in [-0.15, -0.1) is 0 Å². The smallest absolute Gasteiger partial charge is 0.244 e. The molecule has 114 valence electrons. The first-order chi connectivity index (χ1) is 10.2. The average Bonchev–Trinajstić information content (AvgIpc) is 3.28. The van der Waals surface area contributed by atoms with Gasteiger partial charge in [0.2, 0.25) is 5.91 Å². The molecule has 2 aliphatic rings. The third kappa shape index (κ3) is 3.11. The minimum Gasteiger partial charge on any atom is -0.383 e. The Labute approximate surface area is 126 Å². The molecule has 1 aliphatic carbocycles. The van der Waals surface area contributed by atoms with E-state index in [-0.39, 0.29) is 18.0 Å². The van der Waals surface area contributed by atoms with Crippen molar-refractivity contribution in [2.45, 2.75) is 44.3 Å². The molecule has 1 heterocycles. The third-order valence-electron chi connectivity index (χ3n) is 4.54. The largest absolute Gasteiger partial charge is 0.383 e. The zero-order valence-corrected chi connectivity index (χ0v) is 12.8. The van der Waals surface area contributed by atoms with Gasteiger partial charge in [-0.3, -0.25) is 4.79 Å². The number of benzene rings is 1. The van der Waals surface area contributed by atoms with Crippen LogP contribution < -0.4 is 10.2 Å².